The Morgan fingerprint density at radius 3 is 2.80 bits per heavy atom. The second-order valence-electron chi connectivity index (χ2n) is 4.69. The number of rotatable bonds is 4. The van der Waals surface area contributed by atoms with Gasteiger partial charge in [-0.15, -0.1) is 0 Å². The zero-order chi connectivity index (χ0) is 10.8. The molecule has 2 rings (SSSR count). The molecule has 1 fully saturated rings. The van der Waals surface area contributed by atoms with E-state index in [1.54, 1.807) is 0 Å². The van der Waals surface area contributed by atoms with Gasteiger partial charge in [-0.05, 0) is 36.4 Å². The predicted octanol–water partition coefficient (Wildman–Crippen LogP) is 3.55. The smallest absolute Gasteiger partial charge is 0.0210 e. The maximum absolute atomic E-state index is 3.62. The highest BCUT2D eigenvalue weighted by Gasteiger charge is 2.38. The fourth-order valence-electron chi connectivity index (χ4n) is 2.02. The van der Waals surface area contributed by atoms with E-state index in [1.807, 2.05) is 0 Å². The summed E-state index contributed by atoms with van der Waals surface area (Å²) < 4.78 is 1.27. The van der Waals surface area contributed by atoms with Gasteiger partial charge in [0.2, 0.25) is 0 Å². The number of halogens is 1. The van der Waals surface area contributed by atoms with Crippen LogP contribution in [0.2, 0.25) is 0 Å². The molecule has 1 aliphatic rings. The van der Waals surface area contributed by atoms with Crippen LogP contribution in [0.5, 0.6) is 0 Å². The van der Waals surface area contributed by atoms with E-state index in [-0.39, 0.29) is 0 Å². The van der Waals surface area contributed by atoms with E-state index in [1.165, 1.54) is 16.5 Å². The van der Waals surface area contributed by atoms with E-state index in [0.29, 0.717) is 6.04 Å². The molecule has 2 heteroatoms. The van der Waals surface area contributed by atoms with Crippen LogP contribution in [-0.4, -0.2) is 12.6 Å². The van der Waals surface area contributed by atoms with Gasteiger partial charge in [0.05, 0.1) is 0 Å². The molecule has 1 N–H and O–H groups in total. The highest BCUT2D eigenvalue weighted by molar-refractivity contribution is 9.10. The third-order valence-corrected chi connectivity index (χ3v) is 3.74. The van der Waals surface area contributed by atoms with Crippen molar-refractivity contribution in [2.45, 2.75) is 32.2 Å². The van der Waals surface area contributed by atoms with Gasteiger partial charge in [-0.3, -0.25) is 0 Å². The molecule has 0 aromatic heterocycles. The minimum Gasteiger partial charge on any atom is -0.314 e. The van der Waals surface area contributed by atoms with Gasteiger partial charge < -0.3 is 5.32 Å². The highest BCUT2D eigenvalue weighted by atomic mass is 79.9. The summed E-state index contributed by atoms with van der Waals surface area (Å²) in [6.45, 7) is 5.56. The van der Waals surface area contributed by atoms with Gasteiger partial charge >= 0.3 is 0 Å². The molecule has 2 unspecified atom stereocenters. The first-order valence-corrected chi connectivity index (χ1v) is 6.45. The van der Waals surface area contributed by atoms with E-state index in [4.69, 9.17) is 0 Å². The second kappa shape index (κ2) is 4.67. The van der Waals surface area contributed by atoms with Crippen molar-refractivity contribution >= 4 is 15.9 Å². The van der Waals surface area contributed by atoms with Crippen LogP contribution < -0.4 is 5.32 Å². The molecule has 0 amide bonds. The van der Waals surface area contributed by atoms with Crippen molar-refractivity contribution in [3.63, 3.8) is 0 Å². The number of nitrogens with one attached hydrogen (secondary N) is 1. The largest absolute Gasteiger partial charge is 0.314 e. The van der Waals surface area contributed by atoms with Gasteiger partial charge in [-0.25, -0.2) is 0 Å². The monoisotopic (exact) mass is 267 g/mol. The summed E-state index contributed by atoms with van der Waals surface area (Å²) in [5.74, 6) is 1.61. The van der Waals surface area contributed by atoms with Crippen molar-refractivity contribution in [1.29, 1.82) is 0 Å². The molecule has 1 aliphatic carbocycles. The third kappa shape index (κ3) is 2.82. The van der Waals surface area contributed by atoms with Crippen molar-refractivity contribution in [2.24, 2.45) is 5.92 Å². The minimum absolute atomic E-state index is 0.602. The molecule has 1 saturated carbocycles. The SMILES string of the molecule is CC(C)NCC1CC1c1ccccc1Br. The van der Waals surface area contributed by atoms with E-state index >= 15 is 0 Å². The molecule has 0 heterocycles. The maximum atomic E-state index is 3.62. The zero-order valence-corrected chi connectivity index (χ0v) is 10.9. The first kappa shape index (κ1) is 11.2. The van der Waals surface area contributed by atoms with Gasteiger partial charge in [-0.1, -0.05) is 48.0 Å². The van der Waals surface area contributed by atoms with Crippen molar-refractivity contribution in [3.8, 4) is 0 Å². The summed E-state index contributed by atoms with van der Waals surface area (Å²) in [5.41, 5.74) is 1.48. The topological polar surface area (TPSA) is 12.0 Å². The number of hydrogen-bond donors (Lipinski definition) is 1. The van der Waals surface area contributed by atoms with Crippen LogP contribution in [0, 0.1) is 5.92 Å². The Morgan fingerprint density at radius 2 is 2.13 bits per heavy atom. The lowest BCUT2D eigenvalue weighted by Gasteiger charge is -2.07. The Balaban J connectivity index is 1.91. The molecule has 0 saturated heterocycles. The van der Waals surface area contributed by atoms with Crippen molar-refractivity contribution < 1.29 is 0 Å². The summed E-state index contributed by atoms with van der Waals surface area (Å²) in [7, 11) is 0. The Morgan fingerprint density at radius 1 is 1.40 bits per heavy atom. The van der Waals surface area contributed by atoms with Crippen LogP contribution in [0.3, 0.4) is 0 Å². The molecule has 2 atom stereocenters. The van der Waals surface area contributed by atoms with Crippen molar-refractivity contribution in [2.75, 3.05) is 6.54 Å². The lowest BCUT2D eigenvalue weighted by atomic mass is 10.1. The van der Waals surface area contributed by atoms with Gasteiger partial charge in [0.25, 0.3) is 0 Å². The molecule has 82 valence electrons. The highest BCUT2D eigenvalue weighted by Crippen LogP contribution is 2.49. The van der Waals surface area contributed by atoms with Gasteiger partial charge in [0.1, 0.15) is 0 Å². The maximum Gasteiger partial charge on any atom is 0.0210 e. The van der Waals surface area contributed by atoms with E-state index < -0.39 is 0 Å². The normalized spacial score (nSPS) is 24.5. The Kier molecular flexibility index (Phi) is 3.47. The van der Waals surface area contributed by atoms with E-state index in [9.17, 15) is 0 Å². The molecule has 0 spiro atoms. The van der Waals surface area contributed by atoms with E-state index in [2.05, 4.69) is 59.4 Å². The lowest BCUT2D eigenvalue weighted by molar-refractivity contribution is 0.554. The second-order valence-corrected chi connectivity index (χ2v) is 5.54. The predicted molar refractivity (Wildman–Crippen MR) is 68.1 cm³/mol. The minimum atomic E-state index is 0.602. The van der Waals surface area contributed by atoms with Crippen LogP contribution in [-0.2, 0) is 0 Å². The van der Waals surface area contributed by atoms with Crippen LogP contribution in [0.4, 0.5) is 0 Å². The first-order chi connectivity index (χ1) is 7.18. The van der Waals surface area contributed by atoms with E-state index in [0.717, 1.165) is 18.4 Å². The summed E-state index contributed by atoms with van der Waals surface area (Å²) in [4.78, 5) is 0. The van der Waals surface area contributed by atoms with Gasteiger partial charge in [-0.2, -0.15) is 0 Å². The summed E-state index contributed by atoms with van der Waals surface area (Å²) in [6, 6.07) is 9.19. The zero-order valence-electron chi connectivity index (χ0n) is 9.33. The molecule has 0 bridgehead atoms. The summed E-state index contributed by atoms with van der Waals surface area (Å²) in [5, 5.41) is 3.51. The summed E-state index contributed by atoms with van der Waals surface area (Å²) in [6.07, 6.45) is 1.34. The average molecular weight is 268 g/mol. The van der Waals surface area contributed by atoms with Crippen molar-refractivity contribution in [1.82, 2.24) is 5.32 Å². The standard InChI is InChI=1S/C13H18BrN/c1-9(2)15-8-10-7-12(10)11-5-3-4-6-13(11)14/h3-6,9-10,12,15H,7-8H2,1-2H3. The average Bonchev–Trinajstić information content (AvgIpc) is 2.95. The van der Waals surface area contributed by atoms with Crippen LogP contribution in [0.25, 0.3) is 0 Å². The fraction of sp³-hybridized carbons (Fsp3) is 0.538. The molecule has 0 radical (unpaired) electrons. The molecule has 1 aromatic carbocycles. The number of benzene rings is 1. The Hall–Kier alpha value is -0.340. The molecule has 1 nitrogen and oxygen atoms in total. The van der Waals surface area contributed by atoms with Gasteiger partial charge in [0.15, 0.2) is 0 Å². The lowest BCUT2D eigenvalue weighted by Crippen LogP contribution is -2.25. The first-order valence-electron chi connectivity index (χ1n) is 5.66. The molecule has 1 aromatic rings. The third-order valence-electron chi connectivity index (χ3n) is 3.02. The van der Waals surface area contributed by atoms with Crippen LogP contribution >= 0.6 is 15.9 Å². The van der Waals surface area contributed by atoms with Crippen molar-refractivity contribution in [3.05, 3.63) is 34.3 Å². The summed E-state index contributed by atoms with van der Waals surface area (Å²) >= 11 is 3.62. The molecule has 15 heavy (non-hydrogen) atoms. The molecule has 0 aliphatic heterocycles. The quantitative estimate of drug-likeness (QED) is 0.880. The van der Waals surface area contributed by atoms with Crippen LogP contribution in [0.15, 0.2) is 28.7 Å². The molecular weight excluding hydrogens is 250 g/mol. The van der Waals surface area contributed by atoms with Crippen LogP contribution in [0.1, 0.15) is 31.7 Å². The fourth-order valence-corrected chi connectivity index (χ4v) is 2.60. The number of hydrogen-bond acceptors (Lipinski definition) is 1. The Bertz CT molecular complexity index is 335. The molecular formula is C13H18BrN. The van der Waals surface area contributed by atoms with Gasteiger partial charge in [0, 0.05) is 10.5 Å². The Labute approximate surface area is 100 Å².